The molecule has 2 aromatic heterocycles. The van der Waals surface area contributed by atoms with Gasteiger partial charge in [0, 0.05) is 55.8 Å². The number of nitrogens with zero attached hydrogens (tertiary/aromatic N) is 4. The van der Waals surface area contributed by atoms with Gasteiger partial charge in [0.15, 0.2) is 0 Å². The molecule has 1 saturated heterocycles. The summed E-state index contributed by atoms with van der Waals surface area (Å²) in [5.41, 5.74) is 1.33. The highest BCUT2D eigenvalue weighted by atomic mass is 35.5. The number of likely N-dealkylation sites (tertiary alicyclic amines) is 1. The first kappa shape index (κ1) is 24.3. The summed E-state index contributed by atoms with van der Waals surface area (Å²) in [6.07, 6.45) is 3.85. The second kappa shape index (κ2) is 11.1. The van der Waals surface area contributed by atoms with E-state index in [0.717, 1.165) is 10.7 Å². The minimum atomic E-state index is -0.605. The quantitative estimate of drug-likeness (QED) is 0.455. The Kier molecular flexibility index (Phi) is 7.90. The highest BCUT2D eigenvalue weighted by molar-refractivity contribution is 7.09. The Hall–Kier alpha value is -2.84. The zero-order chi connectivity index (χ0) is 24.1. The standard InChI is InChI=1S/C25H26ClFN4O2S/c1-2-30(15-11-18-6-3-4-12-28-18)24(32)21-16-34-23(29-21)17-9-13-31(14-10-17)25(33)22-19(26)7-5-8-20(22)27/h3-8,12,16-17H,2,9-11,13-15H2,1H3. The first-order valence-electron chi connectivity index (χ1n) is 11.4. The topological polar surface area (TPSA) is 66.4 Å². The van der Waals surface area contributed by atoms with Gasteiger partial charge in [0.25, 0.3) is 11.8 Å². The highest BCUT2D eigenvalue weighted by Crippen LogP contribution is 2.32. The zero-order valence-electron chi connectivity index (χ0n) is 18.9. The predicted molar refractivity (Wildman–Crippen MR) is 131 cm³/mol. The summed E-state index contributed by atoms with van der Waals surface area (Å²) in [5.74, 6) is -0.910. The Balaban J connectivity index is 1.35. The number of rotatable bonds is 7. The van der Waals surface area contributed by atoms with Crippen molar-refractivity contribution in [3.63, 3.8) is 0 Å². The van der Waals surface area contributed by atoms with E-state index in [9.17, 15) is 14.0 Å². The van der Waals surface area contributed by atoms with E-state index in [-0.39, 0.29) is 28.3 Å². The van der Waals surface area contributed by atoms with Crippen molar-refractivity contribution in [1.29, 1.82) is 0 Å². The smallest absolute Gasteiger partial charge is 0.273 e. The van der Waals surface area contributed by atoms with Gasteiger partial charge in [-0.05, 0) is 44.0 Å². The Bertz CT molecular complexity index is 1130. The van der Waals surface area contributed by atoms with E-state index in [4.69, 9.17) is 11.6 Å². The summed E-state index contributed by atoms with van der Waals surface area (Å²) < 4.78 is 14.1. The largest absolute Gasteiger partial charge is 0.338 e. The van der Waals surface area contributed by atoms with Crippen LogP contribution >= 0.6 is 22.9 Å². The number of carbonyl (C=O) groups is 2. The number of hydrogen-bond acceptors (Lipinski definition) is 5. The molecule has 0 N–H and O–H groups in total. The van der Waals surface area contributed by atoms with Gasteiger partial charge in [-0.3, -0.25) is 14.6 Å². The van der Waals surface area contributed by atoms with E-state index in [1.54, 1.807) is 16.0 Å². The van der Waals surface area contributed by atoms with Crippen molar-refractivity contribution in [2.75, 3.05) is 26.2 Å². The number of thiazole rings is 1. The molecule has 3 heterocycles. The van der Waals surface area contributed by atoms with E-state index in [0.29, 0.717) is 51.1 Å². The summed E-state index contributed by atoms with van der Waals surface area (Å²) in [6.45, 7) is 4.11. The lowest BCUT2D eigenvalue weighted by atomic mass is 9.97. The van der Waals surface area contributed by atoms with Gasteiger partial charge in [0.1, 0.15) is 11.5 Å². The van der Waals surface area contributed by atoms with Gasteiger partial charge in [0.2, 0.25) is 0 Å². The van der Waals surface area contributed by atoms with E-state index in [2.05, 4.69) is 9.97 Å². The number of piperidine rings is 1. The maximum Gasteiger partial charge on any atom is 0.273 e. The maximum atomic E-state index is 14.1. The molecule has 1 aliphatic rings. The van der Waals surface area contributed by atoms with Crippen LogP contribution in [0.5, 0.6) is 0 Å². The molecule has 0 atom stereocenters. The molecule has 6 nitrogen and oxygen atoms in total. The molecule has 0 saturated carbocycles. The molecule has 0 spiro atoms. The predicted octanol–water partition coefficient (Wildman–Crippen LogP) is 5.06. The molecule has 178 valence electrons. The molecule has 1 aliphatic heterocycles. The minimum Gasteiger partial charge on any atom is -0.338 e. The van der Waals surface area contributed by atoms with E-state index < -0.39 is 5.82 Å². The molecule has 34 heavy (non-hydrogen) atoms. The third kappa shape index (κ3) is 5.45. The molecule has 4 rings (SSSR count). The number of hydrogen-bond donors (Lipinski definition) is 0. The Morgan fingerprint density at radius 3 is 2.68 bits per heavy atom. The molecule has 3 aromatic rings. The van der Waals surface area contributed by atoms with Gasteiger partial charge >= 0.3 is 0 Å². The molecule has 9 heteroatoms. The van der Waals surface area contributed by atoms with Crippen molar-refractivity contribution < 1.29 is 14.0 Å². The molecular weight excluding hydrogens is 475 g/mol. The number of pyridine rings is 1. The molecular formula is C25H26ClFN4O2S. The van der Waals surface area contributed by atoms with Crippen molar-refractivity contribution in [3.05, 3.63) is 80.8 Å². The Morgan fingerprint density at radius 1 is 1.21 bits per heavy atom. The van der Waals surface area contributed by atoms with Crippen LogP contribution in [0.3, 0.4) is 0 Å². The first-order chi connectivity index (χ1) is 16.5. The number of amides is 2. The van der Waals surface area contributed by atoms with Crippen LogP contribution in [-0.4, -0.2) is 57.8 Å². The average Bonchev–Trinajstić information content (AvgIpc) is 3.35. The molecule has 0 aliphatic carbocycles. The van der Waals surface area contributed by atoms with E-state index in [1.165, 1.54) is 29.5 Å². The second-order valence-electron chi connectivity index (χ2n) is 8.19. The lowest BCUT2D eigenvalue weighted by Crippen LogP contribution is -2.38. The summed E-state index contributed by atoms with van der Waals surface area (Å²) in [6, 6.07) is 10.0. The van der Waals surface area contributed by atoms with Gasteiger partial charge in [-0.15, -0.1) is 11.3 Å². The molecule has 0 bridgehead atoms. The summed E-state index contributed by atoms with van der Waals surface area (Å²) in [7, 11) is 0. The van der Waals surface area contributed by atoms with E-state index >= 15 is 0 Å². The van der Waals surface area contributed by atoms with Crippen LogP contribution < -0.4 is 0 Å². The molecule has 1 aromatic carbocycles. The van der Waals surface area contributed by atoms with Gasteiger partial charge < -0.3 is 9.80 Å². The third-order valence-corrected chi connectivity index (χ3v) is 7.40. The van der Waals surface area contributed by atoms with Crippen LogP contribution in [0.15, 0.2) is 48.0 Å². The lowest BCUT2D eigenvalue weighted by Gasteiger charge is -2.31. The number of likely N-dealkylation sites (N-methyl/N-ethyl adjacent to an activating group) is 1. The van der Waals surface area contributed by atoms with Gasteiger partial charge in [0.05, 0.1) is 15.6 Å². The fourth-order valence-electron chi connectivity index (χ4n) is 4.12. The normalized spacial score (nSPS) is 14.3. The van der Waals surface area contributed by atoms with Crippen LogP contribution in [0.2, 0.25) is 5.02 Å². The molecule has 0 radical (unpaired) electrons. The molecule has 0 unspecified atom stereocenters. The van der Waals surface area contributed by atoms with Crippen molar-refractivity contribution >= 4 is 34.8 Å². The fourth-order valence-corrected chi connectivity index (χ4v) is 5.33. The lowest BCUT2D eigenvalue weighted by molar-refractivity contribution is 0.0708. The Labute approximate surface area is 207 Å². The molecule has 1 fully saturated rings. The van der Waals surface area contributed by atoms with Crippen LogP contribution in [0, 0.1) is 5.82 Å². The first-order valence-corrected chi connectivity index (χ1v) is 12.6. The number of halogens is 2. The van der Waals surface area contributed by atoms with Crippen molar-refractivity contribution in [1.82, 2.24) is 19.8 Å². The van der Waals surface area contributed by atoms with Crippen LogP contribution in [0.1, 0.15) is 57.2 Å². The summed E-state index contributed by atoms with van der Waals surface area (Å²) in [4.78, 5) is 38.2. The number of benzene rings is 1. The van der Waals surface area contributed by atoms with E-state index in [1.807, 2.05) is 30.5 Å². The zero-order valence-corrected chi connectivity index (χ0v) is 20.5. The van der Waals surface area contributed by atoms with Crippen molar-refractivity contribution in [3.8, 4) is 0 Å². The van der Waals surface area contributed by atoms with Gasteiger partial charge in [-0.1, -0.05) is 23.7 Å². The summed E-state index contributed by atoms with van der Waals surface area (Å²) in [5, 5.41) is 2.84. The molecule has 2 amide bonds. The third-order valence-electron chi connectivity index (χ3n) is 6.08. The summed E-state index contributed by atoms with van der Waals surface area (Å²) >= 11 is 7.54. The average molecular weight is 501 g/mol. The SMILES string of the molecule is CCN(CCc1ccccn1)C(=O)c1csc(C2CCN(C(=O)c3c(F)cccc3Cl)CC2)n1. The monoisotopic (exact) mass is 500 g/mol. The highest BCUT2D eigenvalue weighted by Gasteiger charge is 2.29. The second-order valence-corrected chi connectivity index (χ2v) is 9.49. The van der Waals surface area contributed by atoms with Crippen molar-refractivity contribution in [2.24, 2.45) is 0 Å². The van der Waals surface area contributed by atoms with Gasteiger partial charge in [-0.25, -0.2) is 9.37 Å². The van der Waals surface area contributed by atoms with Crippen LogP contribution in [0.4, 0.5) is 4.39 Å². The fraction of sp³-hybridized carbons (Fsp3) is 0.360. The van der Waals surface area contributed by atoms with Crippen LogP contribution in [-0.2, 0) is 6.42 Å². The Morgan fingerprint density at radius 2 is 2.00 bits per heavy atom. The van der Waals surface area contributed by atoms with Crippen molar-refractivity contribution in [2.45, 2.75) is 32.1 Å². The van der Waals surface area contributed by atoms with Gasteiger partial charge in [-0.2, -0.15) is 0 Å². The maximum absolute atomic E-state index is 14.1. The number of carbonyl (C=O) groups excluding carboxylic acids is 2. The van der Waals surface area contributed by atoms with Crippen LogP contribution in [0.25, 0.3) is 0 Å². The minimum absolute atomic E-state index is 0.0740. The number of aromatic nitrogens is 2.